The van der Waals surface area contributed by atoms with Gasteiger partial charge in [0.2, 0.25) is 0 Å². The smallest absolute Gasteiger partial charge is 0.191 e. The van der Waals surface area contributed by atoms with E-state index in [4.69, 9.17) is 14.5 Å². The van der Waals surface area contributed by atoms with Gasteiger partial charge in [0.1, 0.15) is 0 Å². The Bertz CT molecular complexity index is 322. The van der Waals surface area contributed by atoms with Crippen LogP contribution in [0.2, 0.25) is 0 Å². The molecule has 7 heteroatoms. The normalized spacial score (nSPS) is 17.5. The van der Waals surface area contributed by atoms with Crippen LogP contribution in [0.4, 0.5) is 0 Å². The van der Waals surface area contributed by atoms with Crippen LogP contribution in [0.1, 0.15) is 33.6 Å². The van der Waals surface area contributed by atoms with Crippen molar-refractivity contribution in [1.29, 1.82) is 0 Å². The SMILES string of the molecule is CCNC(=NCC(C(CC)CC)N1CCOCC1)NCCOC.I. The molecule has 0 aliphatic carbocycles. The van der Waals surface area contributed by atoms with Crippen molar-refractivity contribution in [3.8, 4) is 0 Å². The molecule has 0 radical (unpaired) electrons. The van der Waals surface area contributed by atoms with E-state index in [9.17, 15) is 0 Å². The first-order valence-corrected chi connectivity index (χ1v) is 9.09. The van der Waals surface area contributed by atoms with Crippen LogP contribution >= 0.6 is 24.0 Å². The molecule has 0 aromatic heterocycles. The third kappa shape index (κ3) is 8.82. The first-order valence-electron chi connectivity index (χ1n) is 9.09. The third-order valence-electron chi connectivity index (χ3n) is 4.49. The van der Waals surface area contributed by atoms with E-state index in [1.54, 1.807) is 7.11 Å². The van der Waals surface area contributed by atoms with Crippen LogP contribution in [0.5, 0.6) is 0 Å². The van der Waals surface area contributed by atoms with E-state index in [-0.39, 0.29) is 24.0 Å². The number of morpholine rings is 1. The summed E-state index contributed by atoms with van der Waals surface area (Å²) in [6.45, 7) is 13.5. The Hall–Kier alpha value is -0.120. The number of hydrogen-bond donors (Lipinski definition) is 2. The van der Waals surface area contributed by atoms with Crippen LogP contribution in [0.25, 0.3) is 0 Å². The van der Waals surface area contributed by atoms with Gasteiger partial charge in [-0.25, -0.2) is 0 Å². The molecule has 0 spiro atoms. The van der Waals surface area contributed by atoms with Crippen molar-refractivity contribution in [1.82, 2.24) is 15.5 Å². The van der Waals surface area contributed by atoms with Crippen molar-refractivity contribution in [3.63, 3.8) is 0 Å². The summed E-state index contributed by atoms with van der Waals surface area (Å²) >= 11 is 0. The van der Waals surface area contributed by atoms with Crippen molar-refractivity contribution in [2.24, 2.45) is 10.9 Å². The topological polar surface area (TPSA) is 58.1 Å². The summed E-state index contributed by atoms with van der Waals surface area (Å²) in [6.07, 6.45) is 2.39. The lowest BCUT2D eigenvalue weighted by Gasteiger charge is -2.38. The molecule has 1 fully saturated rings. The zero-order valence-electron chi connectivity index (χ0n) is 15.8. The second-order valence-electron chi connectivity index (χ2n) is 5.93. The Labute approximate surface area is 165 Å². The first kappa shape index (κ1) is 23.9. The van der Waals surface area contributed by atoms with E-state index in [1.165, 1.54) is 12.8 Å². The van der Waals surface area contributed by atoms with Crippen molar-refractivity contribution in [2.45, 2.75) is 39.7 Å². The highest BCUT2D eigenvalue weighted by atomic mass is 127. The fraction of sp³-hybridized carbons (Fsp3) is 0.941. The van der Waals surface area contributed by atoms with Crippen molar-refractivity contribution < 1.29 is 9.47 Å². The number of methoxy groups -OCH3 is 1. The summed E-state index contributed by atoms with van der Waals surface area (Å²) < 4.78 is 10.6. The molecule has 1 heterocycles. The van der Waals surface area contributed by atoms with Gasteiger partial charge in [-0.1, -0.05) is 26.7 Å². The summed E-state index contributed by atoms with van der Waals surface area (Å²) in [5.41, 5.74) is 0. The molecule has 2 N–H and O–H groups in total. The van der Waals surface area contributed by atoms with E-state index < -0.39 is 0 Å². The summed E-state index contributed by atoms with van der Waals surface area (Å²) in [7, 11) is 1.72. The molecule has 1 aliphatic rings. The van der Waals surface area contributed by atoms with Gasteiger partial charge in [0.15, 0.2) is 5.96 Å². The molecule has 1 saturated heterocycles. The highest BCUT2D eigenvalue weighted by molar-refractivity contribution is 14.0. The van der Waals surface area contributed by atoms with E-state index in [1.807, 2.05) is 0 Å². The molecule has 1 unspecified atom stereocenters. The Morgan fingerprint density at radius 1 is 1.17 bits per heavy atom. The molecule has 0 saturated carbocycles. The Morgan fingerprint density at radius 2 is 1.83 bits per heavy atom. The molecule has 6 nitrogen and oxygen atoms in total. The fourth-order valence-electron chi connectivity index (χ4n) is 3.10. The molecule has 1 rings (SSSR count). The first-order chi connectivity index (χ1) is 11.3. The van der Waals surface area contributed by atoms with Gasteiger partial charge in [-0.3, -0.25) is 9.89 Å². The summed E-state index contributed by atoms with van der Waals surface area (Å²) in [5, 5.41) is 6.64. The Morgan fingerprint density at radius 3 is 2.38 bits per heavy atom. The maximum Gasteiger partial charge on any atom is 0.191 e. The van der Waals surface area contributed by atoms with Crippen LogP contribution in [0.3, 0.4) is 0 Å². The van der Waals surface area contributed by atoms with Crippen LogP contribution < -0.4 is 10.6 Å². The van der Waals surface area contributed by atoms with Gasteiger partial charge in [0.25, 0.3) is 0 Å². The van der Waals surface area contributed by atoms with E-state index in [0.29, 0.717) is 18.6 Å². The second-order valence-corrected chi connectivity index (χ2v) is 5.93. The Balaban J connectivity index is 0.00000529. The monoisotopic (exact) mass is 456 g/mol. The average Bonchev–Trinajstić information content (AvgIpc) is 2.59. The highest BCUT2D eigenvalue weighted by Crippen LogP contribution is 2.20. The molecule has 0 bridgehead atoms. The lowest BCUT2D eigenvalue weighted by Crippen LogP contribution is -2.49. The molecular weight excluding hydrogens is 419 g/mol. The number of ether oxygens (including phenoxy) is 2. The van der Waals surface area contributed by atoms with Crippen LogP contribution in [0.15, 0.2) is 4.99 Å². The van der Waals surface area contributed by atoms with Gasteiger partial charge in [0, 0.05) is 39.3 Å². The van der Waals surface area contributed by atoms with Gasteiger partial charge in [-0.05, 0) is 12.8 Å². The minimum absolute atomic E-state index is 0. The highest BCUT2D eigenvalue weighted by Gasteiger charge is 2.26. The van der Waals surface area contributed by atoms with Gasteiger partial charge >= 0.3 is 0 Å². The summed E-state index contributed by atoms with van der Waals surface area (Å²) in [5.74, 6) is 1.56. The Kier molecular flexibility index (Phi) is 15.1. The molecule has 1 atom stereocenters. The van der Waals surface area contributed by atoms with Crippen LogP contribution in [0, 0.1) is 5.92 Å². The van der Waals surface area contributed by atoms with Gasteiger partial charge in [0.05, 0.1) is 26.4 Å². The predicted molar refractivity (Wildman–Crippen MR) is 112 cm³/mol. The second kappa shape index (κ2) is 15.2. The lowest BCUT2D eigenvalue weighted by atomic mass is 9.92. The van der Waals surface area contributed by atoms with Gasteiger partial charge < -0.3 is 20.1 Å². The number of rotatable bonds is 10. The van der Waals surface area contributed by atoms with E-state index in [2.05, 4.69) is 36.3 Å². The van der Waals surface area contributed by atoms with Crippen molar-refractivity contribution in [2.75, 3.05) is 59.7 Å². The fourth-order valence-corrected chi connectivity index (χ4v) is 3.10. The number of nitrogens with one attached hydrogen (secondary N) is 2. The average molecular weight is 456 g/mol. The van der Waals surface area contributed by atoms with E-state index in [0.717, 1.165) is 51.9 Å². The zero-order chi connectivity index (χ0) is 16.9. The molecule has 0 aromatic carbocycles. The third-order valence-corrected chi connectivity index (χ3v) is 4.49. The minimum atomic E-state index is 0. The largest absolute Gasteiger partial charge is 0.383 e. The molecule has 0 amide bonds. The van der Waals surface area contributed by atoms with Gasteiger partial charge in [-0.15, -0.1) is 24.0 Å². The molecule has 24 heavy (non-hydrogen) atoms. The summed E-state index contributed by atoms with van der Waals surface area (Å²) in [6, 6.07) is 0.492. The standard InChI is InChI=1S/C17H36N4O2.HI/c1-5-15(6-2)16(21-9-12-23-13-10-21)14-20-17(18-7-3)19-8-11-22-4;/h15-16H,5-14H2,1-4H3,(H2,18,19,20);1H. The maximum atomic E-state index is 5.51. The van der Waals surface area contributed by atoms with Crippen LogP contribution in [-0.4, -0.2) is 76.6 Å². The molecule has 0 aromatic rings. The summed E-state index contributed by atoms with van der Waals surface area (Å²) in [4.78, 5) is 7.39. The lowest BCUT2D eigenvalue weighted by molar-refractivity contribution is 0.00395. The quantitative estimate of drug-likeness (QED) is 0.228. The maximum absolute atomic E-state index is 5.51. The van der Waals surface area contributed by atoms with Crippen LogP contribution in [-0.2, 0) is 9.47 Å². The molecule has 144 valence electrons. The minimum Gasteiger partial charge on any atom is -0.383 e. The van der Waals surface area contributed by atoms with E-state index >= 15 is 0 Å². The van der Waals surface area contributed by atoms with Gasteiger partial charge in [-0.2, -0.15) is 0 Å². The zero-order valence-corrected chi connectivity index (χ0v) is 18.2. The molecule has 1 aliphatic heterocycles. The number of hydrogen-bond acceptors (Lipinski definition) is 4. The number of guanidine groups is 1. The molecular formula is C17H37IN4O2. The van der Waals surface area contributed by atoms with Crippen molar-refractivity contribution in [3.05, 3.63) is 0 Å². The number of aliphatic imine (C=N–C) groups is 1. The predicted octanol–water partition coefficient (Wildman–Crippen LogP) is 1.94. The number of nitrogens with zero attached hydrogens (tertiary/aromatic N) is 2. The number of halogens is 1. The van der Waals surface area contributed by atoms with Crippen molar-refractivity contribution >= 4 is 29.9 Å².